The Kier molecular flexibility index (Phi) is 4.75. The molecule has 17 heavy (non-hydrogen) atoms. The maximum Gasteiger partial charge on any atom is 0.488 e. The van der Waals surface area contributed by atoms with Crippen molar-refractivity contribution in [2.24, 2.45) is 0 Å². The lowest BCUT2D eigenvalue weighted by molar-refractivity contribution is -0.138. The molecule has 1 aromatic carbocycles. The Balaban J connectivity index is 2.87. The van der Waals surface area contributed by atoms with Crippen molar-refractivity contribution in [3.05, 3.63) is 36.4 Å². The second kappa shape index (κ2) is 6.07. The van der Waals surface area contributed by atoms with Crippen molar-refractivity contribution in [3.8, 4) is 5.75 Å². The van der Waals surface area contributed by atoms with Crippen molar-refractivity contribution in [1.29, 1.82) is 0 Å². The van der Waals surface area contributed by atoms with E-state index in [1.54, 1.807) is 6.07 Å². The maximum atomic E-state index is 10.9. The number of benzene rings is 1. The lowest BCUT2D eigenvalue weighted by Gasteiger charge is -2.08. The highest BCUT2D eigenvalue weighted by Crippen LogP contribution is 2.12. The fourth-order valence-electron chi connectivity index (χ4n) is 1.25. The average Bonchev–Trinajstić information content (AvgIpc) is 2.35. The molecule has 0 aromatic heterocycles. The van der Waals surface area contributed by atoms with Crippen LogP contribution >= 0.6 is 0 Å². The molecule has 1 rings (SSSR count). The summed E-state index contributed by atoms with van der Waals surface area (Å²) < 4.78 is 9.83. The molecule has 0 spiro atoms. The number of ether oxygens (including phenoxy) is 2. The van der Waals surface area contributed by atoms with E-state index in [0.29, 0.717) is 11.3 Å². The topological polar surface area (TPSA) is 76.0 Å². The number of hydrogen-bond acceptors (Lipinski definition) is 5. The Morgan fingerprint density at radius 1 is 1.47 bits per heavy atom. The van der Waals surface area contributed by atoms with Crippen LogP contribution in [0.3, 0.4) is 0 Å². The summed E-state index contributed by atoms with van der Waals surface area (Å²) in [5.74, 6) is -0.0841. The van der Waals surface area contributed by atoms with Gasteiger partial charge in [-0.2, -0.15) is 0 Å². The summed E-state index contributed by atoms with van der Waals surface area (Å²) in [7, 11) is -0.137. The minimum Gasteiger partial charge on any atom is -0.497 e. The second-order valence-corrected chi connectivity index (χ2v) is 3.30. The zero-order valence-corrected chi connectivity index (χ0v) is 9.42. The van der Waals surface area contributed by atoms with E-state index in [4.69, 9.17) is 19.5 Å². The summed E-state index contributed by atoms with van der Waals surface area (Å²) in [6.45, 7) is 3.29. The molecule has 2 N–H and O–H groups in total. The van der Waals surface area contributed by atoms with Crippen LogP contribution in [-0.4, -0.2) is 30.2 Å². The van der Waals surface area contributed by atoms with E-state index in [1.165, 1.54) is 19.2 Å². The van der Waals surface area contributed by atoms with Crippen LogP contribution in [0, 0.1) is 0 Å². The first-order valence-corrected chi connectivity index (χ1v) is 4.90. The van der Waals surface area contributed by atoms with E-state index in [-0.39, 0.29) is 12.1 Å². The predicted molar refractivity (Wildman–Crippen MR) is 62.8 cm³/mol. The third kappa shape index (κ3) is 3.94. The molecule has 0 heterocycles. The summed E-state index contributed by atoms with van der Waals surface area (Å²) in [4.78, 5) is 10.9. The number of carbonyl (C=O) groups is 1. The highest BCUT2D eigenvalue weighted by Gasteiger charge is 2.13. The van der Waals surface area contributed by atoms with Crippen LogP contribution in [0.2, 0.25) is 0 Å². The molecular formula is C11H13BO5. The van der Waals surface area contributed by atoms with E-state index in [0.717, 1.165) is 6.08 Å². The number of rotatable bonds is 5. The van der Waals surface area contributed by atoms with Gasteiger partial charge < -0.3 is 19.5 Å². The number of carbonyl (C=O) groups excluding carboxylic acids is 1. The fraction of sp³-hybridized carbons (Fsp3) is 0.182. The van der Waals surface area contributed by atoms with Gasteiger partial charge in [0.1, 0.15) is 12.4 Å². The smallest absolute Gasteiger partial charge is 0.488 e. The van der Waals surface area contributed by atoms with Gasteiger partial charge in [-0.05, 0) is 23.2 Å². The van der Waals surface area contributed by atoms with Crippen molar-refractivity contribution >= 4 is 18.6 Å². The van der Waals surface area contributed by atoms with Gasteiger partial charge in [-0.3, -0.25) is 0 Å². The molecule has 0 aliphatic rings. The zero-order valence-electron chi connectivity index (χ0n) is 9.42. The van der Waals surface area contributed by atoms with Gasteiger partial charge in [-0.25, -0.2) is 4.79 Å². The van der Waals surface area contributed by atoms with E-state index in [2.05, 4.69) is 6.58 Å². The van der Waals surface area contributed by atoms with Gasteiger partial charge in [-0.1, -0.05) is 12.6 Å². The molecule has 5 nitrogen and oxygen atoms in total. The summed E-state index contributed by atoms with van der Waals surface area (Å²) in [5, 5.41) is 18.1. The van der Waals surface area contributed by atoms with Gasteiger partial charge in [0.2, 0.25) is 0 Å². The molecule has 0 aliphatic carbocycles. The highest BCUT2D eigenvalue weighted by molar-refractivity contribution is 6.58. The Morgan fingerprint density at radius 3 is 2.71 bits per heavy atom. The normalized spacial score (nSPS) is 9.59. The molecular weight excluding hydrogens is 223 g/mol. The van der Waals surface area contributed by atoms with E-state index in [1.807, 2.05) is 0 Å². The van der Waals surface area contributed by atoms with Crippen LogP contribution in [0.15, 0.2) is 30.9 Å². The van der Waals surface area contributed by atoms with Crippen LogP contribution in [-0.2, 0) is 16.1 Å². The lowest BCUT2D eigenvalue weighted by Crippen LogP contribution is -2.30. The molecule has 6 heteroatoms. The van der Waals surface area contributed by atoms with Crippen LogP contribution in [0.25, 0.3) is 0 Å². The summed E-state index contributed by atoms with van der Waals surface area (Å²) >= 11 is 0. The molecule has 0 radical (unpaired) electrons. The monoisotopic (exact) mass is 236 g/mol. The van der Waals surface area contributed by atoms with Crippen molar-refractivity contribution in [2.45, 2.75) is 6.61 Å². The Hall–Kier alpha value is -1.79. The zero-order chi connectivity index (χ0) is 12.8. The Labute approximate surface area is 99.4 Å². The van der Waals surface area contributed by atoms with E-state index < -0.39 is 13.1 Å². The summed E-state index contributed by atoms with van der Waals surface area (Å²) in [6, 6.07) is 4.65. The Morgan fingerprint density at radius 2 is 2.18 bits per heavy atom. The molecule has 0 saturated heterocycles. The molecule has 0 aliphatic heterocycles. The van der Waals surface area contributed by atoms with Crippen molar-refractivity contribution in [2.75, 3.05) is 7.11 Å². The molecule has 0 atom stereocenters. The van der Waals surface area contributed by atoms with Crippen molar-refractivity contribution < 1.29 is 24.3 Å². The second-order valence-electron chi connectivity index (χ2n) is 3.30. The largest absolute Gasteiger partial charge is 0.497 e. The minimum absolute atomic E-state index is 0.0156. The first kappa shape index (κ1) is 13.3. The van der Waals surface area contributed by atoms with Gasteiger partial charge in [0.05, 0.1) is 7.11 Å². The number of methoxy groups -OCH3 is 1. The molecule has 0 bridgehead atoms. The fourth-order valence-corrected chi connectivity index (χ4v) is 1.25. The van der Waals surface area contributed by atoms with Crippen LogP contribution < -0.4 is 10.2 Å². The minimum atomic E-state index is -1.60. The van der Waals surface area contributed by atoms with Gasteiger partial charge in [0, 0.05) is 6.08 Å². The Bertz CT molecular complexity index is 416. The van der Waals surface area contributed by atoms with Gasteiger partial charge in [-0.15, -0.1) is 0 Å². The number of esters is 1. The third-order valence-electron chi connectivity index (χ3n) is 2.07. The van der Waals surface area contributed by atoms with Crippen LogP contribution in [0.5, 0.6) is 5.75 Å². The molecule has 0 saturated carbocycles. The van der Waals surface area contributed by atoms with Crippen LogP contribution in [0.1, 0.15) is 5.56 Å². The summed E-state index contributed by atoms with van der Waals surface area (Å²) in [5.41, 5.74) is 0.872. The lowest BCUT2D eigenvalue weighted by atomic mass is 9.79. The molecule has 0 fully saturated rings. The van der Waals surface area contributed by atoms with Crippen LogP contribution in [0.4, 0.5) is 0 Å². The SMILES string of the molecule is C=CC(=O)OCc1cc(OC)cc(B(O)O)c1. The molecule has 1 aromatic rings. The summed E-state index contributed by atoms with van der Waals surface area (Å²) in [6.07, 6.45) is 1.06. The van der Waals surface area contributed by atoms with E-state index in [9.17, 15) is 4.79 Å². The van der Waals surface area contributed by atoms with Gasteiger partial charge >= 0.3 is 13.1 Å². The predicted octanol–water partition coefficient (Wildman–Crippen LogP) is -0.396. The third-order valence-corrected chi connectivity index (χ3v) is 2.07. The molecule has 90 valence electrons. The maximum absolute atomic E-state index is 10.9. The quantitative estimate of drug-likeness (QED) is 0.413. The average molecular weight is 236 g/mol. The standard InChI is InChI=1S/C11H13BO5/c1-3-11(13)17-7-8-4-9(12(14)15)6-10(5-8)16-2/h3-6,14-15H,1,7H2,2H3. The molecule has 0 amide bonds. The molecule has 0 unspecified atom stereocenters. The van der Waals surface area contributed by atoms with Crippen molar-refractivity contribution in [3.63, 3.8) is 0 Å². The number of hydrogen-bond donors (Lipinski definition) is 2. The first-order chi connectivity index (χ1) is 8.06. The van der Waals surface area contributed by atoms with Gasteiger partial charge in [0.15, 0.2) is 0 Å². The highest BCUT2D eigenvalue weighted by atomic mass is 16.5. The van der Waals surface area contributed by atoms with E-state index >= 15 is 0 Å². The van der Waals surface area contributed by atoms with Crippen molar-refractivity contribution in [1.82, 2.24) is 0 Å². The first-order valence-electron chi connectivity index (χ1n) is 4.90. The van der Waals surface area contributed by atoms with Gasteiger partial charge in [0.25, 0.3) is 0 Å².